The van der Waals surface area contributed by atoms with Gasteiger partial charge in [0.05, 0.1) is 0 Å². The van der Waals surface area contributed by atoms with Gasteiger partial charge in [-0.1, -0.05) is 68.0 Å². The van der Waals surface area contributed by atoms with Gasteiger partial charge in [0, 0.05) is 12.0 Å². The zero-order chi connectivity index (χ0) is 17.0. The van der Waals surface area contributed by atoms with Gasteiger partial charge in [0.15, 0.2) is 5.67 Å². The molecule has 0 aliphatic heterocycles. The fourth-order valence-electron chi connectivity index (χ4n) is 3.25. The number of benzene rings is 2. The second-order valence-electron chi connectivity index (χ2n) is 6.33. The Hall–Kier alpha value is -2.22. The zero-order valence-electron chi connectivity index (χ0n) is 13.9. The van der Waals surface area contributed by atoms with Crippen LogP contribution in [0, 0.1) is 5.82 Å². The second-order valence-corrected chi connectivity index (χ2v) is 6.33. The highest BCUT2D eigenvalue weighted by molar-refractivity contribution is 5.76. The average Bonchev–Trinajstić information content (AvgIpc) is 2.60. The second kappa shape index (κ2) is 7.12. The molecule has 0 bridgehead atoms. The summed E-state index contributed by atoms with van der Waals surface area (Å²) in [6, 6.07) is 13.9. The van der Waals surface area contributed by atoms with Gasteiger partial charge < -0.3 is 0 Å². The Labute approximate surface area is 142 Å². The lowest BCUT2D eigenvalue weighted by atomic mass is 9.78. The number of hydrogen-bond acceptors (Lipinski definition) is 0. The van der Waals surface area contributed by atoms with Crippen LogP contribution in [0.5, 0.6) is 0 Å². The molecule has 0 radical (unpaired) electrons. The lowest BCUT2D eigenvalue weighted by Gasteiger charge is -2.30. The Bertz CT molecular complexity index is 773. The lowest BCUT2D eigenvalue weighted by Crippen LogP contribution is -2.23. The first-order valence-electron chi connectivity index (χ1n) is 8.55. The predicted molar refractivity (Wildman–Crippen MR) is 96.0 cm³/mol. The van der Waals surface area contributed by atoms with Crippen molar-refractivity contribution in [2.75, 3.05) is 0 Å². The highest BCUT2D eigenvalue weighted by atomic mass is 19.1. The summed E-state index contributed by atoms with van der Waals surface area (Å²) in [5.74, 6) is -0.407. The minimum absolute atomic E-state index is 0.224. The molecule has 0 fully saturated rings. The number of rotatable bonds is 5. The van der Waals surface area contributed by atoms with Gasteiger partial charge in [-0.2, -0.15) is 0 Å². The van der Waals surface area contributed by atoms with E-state index < -0.39 is 11.5 Å². The van der Waals surface area contributed by atoms with E-state index in [9.17, 15) is 4.39 Å². The van der Waals surface area contributed by atoms with Crippen molar-refractivity contribution in [1.29, 1.82) is 0 Å². The highest BCUT2D eigenvalue weighted by Crippen LogP contribution is 2.45. The fourth-order valence-corrected chi connectivity index (χ4v) is 3.25. The predicted octanol–water partition coefficient (Wildman–Crippen LogP) is 6.38. The summed E-state index contributed by atoms with van der Waals surface area (Å²) in [5.41, 5.74) is 1.37. The number of hydrogen-bond donors (Lipinski definition) is 0. The van der Waals surface area contributed by atoms with E-state index in [4.69, 9.17) is 0 Å². The molecule has 24 heavy (non-hydrogen) atoms. The summed E-state index contributed by atoms with van der Waals surface area (Å²) in [5, 5.41) is 0. The van der Waals surface area contributed by atoms with E-state index in [1.807, 2.05) is 24.3 Å². The van der Waals surface area contributed by atoms with E-state index in [0.29, 0.717) is 11.1 Å². The van der Waals surface area contributed by atoms with E-state index >= 15 is 4.39 Å². The lowest BCUT2D eigenvalue weighted by molar-refractivity contribution is 0.249. The van der Waals surface area contributed by atoms with E-state index in [1.54, 1.807) is 18.2 Å². The first-order valence-corrected chi connectivity index (χ1v) is 8.55. The summed E-state index contributed by atoms with van der Waals surface area (Å²) in [7, 11) is 0. The highest BCUT2D eigenvalue weighted by Gasteiger charge is 2.37. The number of allylic oxidation sites excluding steroid dienone is 4. The molecule has 1 atom stereocenters. The summed E-state index contributed by atoms with van der Waals surface area (Å²) in [4.78, 5) is 0. The summed E-state index contributed by atoms with van der Waals surface area (Å²) < 4.78 is 29.6. The smallest absolute Gasteiger partial charge is 0.165 e. The van der Waals surface area contributed by atoms with Gasteiger partial charge >= 0.3 is 0 Å². The normalized spacial score (nSPS) is 20.0. The first kappa shape index (κ1) is 16.6. The molecule has 0 saturated carbocycles. The number of alkyl halides is 1. The summed E-state index contributed by atoms with van der Waals surface area (Å²) in [6.07, 6.45) is 8.96. The topological polar surface area (TPSA) is 0 Å². The molecule has 0 N–H and O–H groups in total. The van der Waals surface area contributed by atoms with Crippen molar-refractivity contribution in [2.24, 2.45) is 0 Å². The van der Waals surface area contributed by atoms with Crippen LogP contribution in [0.1, 0.15) is 42.9 Å². The van der Waals surface area contributed by atoms with Crippen LogP contribution in [0.15, 0.2) is 66.8 Å². The van der Waals surface area contributed by atoms with Gasteiger partial charge in [-0.25, -0.2) is 8.78 Å². The Morgan fingerprint density at radius 2 is 1.92 bits per heavy atom. The average molecular weight is 324 g/mol. The van der Waals surface area contributed by atoms with Crippen LogP contribution in [-0.4, -0.2) is 0 Å². The molecule has 0 nitrogen and oxygen atoms in total. The molecule has 2 heteroatoms. The molecule has 0 amide bonds. The maximum absolute atomic E-state index is 15.9. The maximum atomic E-state index is 15.9. The fraction of sp³-hybridized carbons (Fsp3) is 0.273. The molecule has 1 unspecified atom stereocenters. The molecule has 0 aromatic heterocycles. The van der Waals surface area contributed by atoms with Crippen molar-refractivity contribution in [3.05, 3.63) is 89.3 Å². The molecule has 2 aromatic carbocycles. The molecule has 0 heterocycles. The molecule has 0 spiro atoms. The van der Waals surface area contributed by atoms with E-state index in [2.05, 4.69) is 19.1 Å². The summed E-state index contributed by atoms with van der Waals surface area (Å²) >= 11 is 0. The maximum Gasteiger partial charge on any atom is 0.165 e. The van der Waals surface area contributed by atoms with Gasteiger partial charge in [0.25, 0.3) is 0 Å². The van der Waals surface area contributed by atoms with Gasteiger partial charge in [0.1, 0.15) is 5.82 Å². The summed E-state index contributed by atoms with van der Waals surface area (Å²) in [6.45, 7) is 2.16. The van der Waals surface area contributed by atoms with Crippen molar-refractivity contribution in [2.45, 2.75) is 38.3 Å². The van der Waals surface area contributed by atoms with Crippen LogP contribution in [0.2, 0.25) is 0 Å². The standard InChI is InChI=1S/C22H22F2/c1-2-3-8-17-9-6-10-18(15-17)21-13-4-5-14-22(21,24)19-11-7-12-20(23)16-19/h4-7,9-13,15-16H,2-3,8,14H2,1H3. The molecule has 2 aromatic rings. The molecule has 0 saturated heterocycles. The number of aryl methyl sites for hydroxylation is 1. The Morgan fingerprint density at radius 3 is 2.71 bits per heavy atom. The SMILES string of the molecule is CCCCc1cccc(C2=CC=CCC2(F)c2cccc(F)c2)c1. The molecule has 1 aliphatic carbocycles. The third-order valence-electron chi connectivity index (χ3n) is 4.56. The van der Waals surface area contributed by atoms with E-state index in [-0.39, 0.29) is 6.42 Å². The van der Waals surface area contributed by atoms with Gasteiger partial charge in [-0.15, -0.1) is 0 Å². The van der Waals surface area contributed by atoms with Gasteiger partial charge in [-0.05, 0) is 41.7 Å². The van der Waals surface area contributed by atoms with Crippen LogP contribution in [0.25, 0.3) is 5.57 Å². The first-order chi connectivity index (χ1) is 11.6. The van der Waals surface area contributed by atoms with E-state index in [1.165, 1.54) is 17.7 Å². The molecule has 1 aliphatic rings. The minimum Gasteiger partial charge on any atom is -0.233 e. The van der Waals surface area contributed by atoms with Crippen LogP contribution in [-0.2, 0) is 12.1 Å². The third kappa shape index (κ3) is 3.33. The largest absolute Gasteiger partial charge is 0.233 e. The van der Waals surface area contributed by atoms with Crippen LogP contribution >= 0.6 is 0 Å². The quantitative estimate of drug-likeness (QED) is 0.599. The monoisotopic (exact) mass is 324 g/mol. The van der Waals surface area contributed by atoms with Crippen LogP contribution in [0.3, 0.4) is 0 Å². The minimum atomic E-state index is -1.69. The Balaban J connectivity index is 2.01. The van der Waals surface area contributed by atoms with Crippen LogP contribution in [0.4, 0.5) is 8.78 Å². The van der Waals surface area contributed by atoms with Crippen LogP contribution < -0.4 is 0 Å². The van der Waals surface area contributed by atoms with Crippen molar-refractivity contribution in [3.63, 3.8) is 0 Å². The van der Waals surface area contributed by atoms with E-state index in [0.717, 1.165) is 24.8 Å². The van der Waals surface area contributed by atoms with Crippen molar-refractivity contribution in [1.82, 2.24) is 0 Å². The molecule has 124 valence electrons. The van der Waals surface area contributed by atoms with Crippen molar-refractivity contribution >= 4 is 5.57 Å². The van der Waals surface area contributed by atoms with Crippen molar-refractivity contribution < 1.29 is 8.78 Å². The van der Waals surface area contributed by atoms with Gasteiger partial charge in [-0.3, -0.25) is 0 Å². The molecular weight excluding hydrogens is 302 g/mol. The van der Waals surface area contributed by atoms with Crippen molar-refractivity contribution in [3.8, 4) is 0 Å². The Kier molecular flexibility index (Phi) is 4.94. The number of unbranched alkanes of at least 4 members (excludes halogenated alkanes) is 1. The zero-order valence-corrected chi connectivity index (χ0v) is 13.9. The van der Waals surface area contributed by atoms with Gasteiger partial charge in [0.2, 0.25) is 0 Å². The third-order valence-corrected chi connectivity index (χ3v) is 4.56. The Morgan fingerprint density at radius 1 is 1.08 bits per heavy atom. The number of halogens is 2. The molecular formula is C22H22F2. The molecule has 3 rings (SSSR count).